The highest BCUT2D eigenvalue weighted by Gasteiger charge is 2.36. The molecule has 0 N–H and O–H groups in total. The predicted octanol–water partition coefficient (Wildman–Crippen LogP) is -1.52. The lowest BCUT2D eigenvalue weighted by atomic mass is 10.3. The van der Waals surface area contributed by atoms with Gasteiger partial charge in [0, 0.05) is 65.4 Å². The van der Waals surface area contributed by atoms with Crippen molar-refractivity contribution in [2.45, 2.75) is 6.92 Å². The number of rotatable bonds is 5. The van der Waals surface area contributed by atoms with E-state index >= 15 is 0 Å². The second-order valence-corrected chi connectivity index (χ2v) is 9.19. The summed E-state index contributed by atoms with van der Waals surface area (Å²) in [6.45, 7) is 7.66. The van der Waals surface area contributed by atoms with Gasteiger partial charge < -0.3 is 19.3 Å². The minimum Gasteiger partial charge on any atom is -0.450 e. The van der Waals surface area contributed by atoms with Gasteiger partial charge in [-0.1, -0.05) is 0 Å². The minimum absolute atomic E-state index is 0.0343. The molecule has 3 saturated heterocycles. The van der Waals surface area contributed by atoms with Crippen LogP contribution in [0.2, 0.25) is 0 Å². The van der Waals surface area contributed by atoms with Gasteiger partial charge in [-0.05, 0) is 6.92 Å². The maximum absolute atomic E-state index is 12.9. The van der Waals surface area contributed by atoms with E-state index in [0.29, 0.717) is 52.5 Å². The van der Waals surface area contributed by atoms with E-state index in [1.165, 1.54) is 13.5 Å². The van der Waals surface area contributed by atoms with Gasteiger partial charge in [0.15, 0.2) is 0 Å². The van der Waals surface area contributed by atoms with Crippen LogP contribution in [0, 0.1) is 0 Å². The molecule has 0 spiro atoms. The molecule has 0 atom stereocenters. The first-order valence-electron chi connectivity index (χ1n) is 10.2. The Kier molecular flexibility index (Phi) is 7.68. The van der Waals surface area contributed by atoms with Crippen LogP contribution in [0.3, 0.4) is 0 Å². The molecule has 0 aliphatic carbocycles. The fourth-order valence-electron chi connectivity index (χ4n) is 3.70. The maximum atomic E-state index is 12.9. The Bertz CT molecular complexity index is 668. The first-order valence-corrected chi connectivity index (χ1v) is 11.6. The third-order valence-electron chi connectivity index (χ3n) is 5.47. The van der Waals surface area contributed by atoms with E-state index in [-0.39, 0.29) is 32.1 Å². The van der Waals surface area contributed by atoms with Gasteiger partial charge in [0.2, 0.25) is 5.91 Å². The molecule has 2 amide bonds. The Balaban J connectivity index is 1.46. The maximum Gasteiger partial charge on any atom is 0.409 e. The highest BCUT2D eigenvalue weighted by atomic mass is 32.2. The zero-order chi connectivity index (χ0) is 20.9. The number of ether oxygens (including phenoxy) is 2. The summed E-state index contributed by atoms with van der Waals surface area (Å²) in [5.74, 6) is 0.0343. The van der Waals surface area contributed by atoms with Gasteiger partial charge in [-0.3, -0.25) is 9.69 Å². The number of carbonyl (C=O) groups is 2. The molecule has 0 aromatic heterocycles. The average molecular weight is 434 g/mol. The first-order chi connectivity index (χ1) is 13.9. The van der Waals surface area contributed by atoms with E-state index in [2.05, 4.69) is 4.90 Å². The molecule has 29 heavy (non-hydrogen) atoms. The highest BCUT2D eigenvalue weighted by Crippen LogP contribution is 2.16. The number of piperazine rings is 2. The largest absolute Gasteiger partial charge is 0.450 e. The summed E-state index contributed by atoms with van der Waals surface area (Å²) in [6, 6.07) is 0. The van der Waals surface area contributed by atoms with Crippen LogP contribution in [0.1, 0.15) is 6.92 Å². The van der Waals surface area contributed by atoms with Crippen LogP contribution in [0.4, 0.5) is 4.79 Å². The molecule has 3 aliphatic heterocycles. The van der Waals surface area contributed by atoms with E-state index < -0.39 is 16.3 Å². The zero-order valence-electron chi connectivity index (χ0n) is 17.0. The summed E-state index contributed by atoms with van der Waals surface area (Å²) in [5.41, 5.74) is 0. The summed E-state index contributed by atoms with van der Waals surface area (Å²) in [5, 5.41) is 0. The third-order valence-corrected chi connectivity index (χ3v) is 7.51. The summed E-state index contributed by atoms with van der Waals surface area (Å²) in [6.07, 6.45) is -0.406. The Morgan fingerprint density at radius 3 is 1.86 bits per heavy atom. The molecule has 11 nitrogen and oxygen atoms in total. The van der Waals surface area contributed by atoms with E-state index in [9.17, 15) is 18.0 Å². The summed E-state index contributed by atoms with van der Waals surface area (Å²) >= 11 is 0. The van der Waals surface area contributed by atoms with Gasteiger partial charge in [0.05, 0.1) is 26.4 Å². The van der Waals surface area contributed by atoms with Crippen LogP contribution in [0.5, 0.6) is 0 Å². The van der Waals surface area contributed by atoms with Crippen molar-refractivity contribution in [1.82, 2.24) is 23.3 Å². The van der Waals surface area contributed by atoms with Gasteiger partial charge in [0.25, 0.3) is 10.2 Å². The lowest BCUT2D eigenvalue weighted by Crippen LogP contribution is -2.58. The number of morpholine rings is 1. The molecule has 3 fully saturated rings. The number of carbonyl (C=O) groups excluding carboxylic acids is 2. The Morgan fingerprint density at radius 1 is 0.828 bits per heavy atom. The summed E-state index contributed by atoms with van der Waals surface area (Å²) < 4.78 is 39.0. The molecule has 0 radical (unpaired) electrons. The van der Waals surface area contributed by atoms with Crippen LogP contribution in [-0.2, 0) is 24.5 Å². The summed E-state index contributed by atoms with van der Waals surface area (Å²) in [7, 11) is -3.60. The van der Waals surface area contributed by atoms with Crippen molar-refractivity contribution < 1.29 is 27.5 Å². The number of hydrogen-bond donors (Lipinski definition) is 0. The van der Waals surface area contributed by atoms with E-state index in [4.69, 9.17) is 9.47 Å². The van der Waals surface area contributed by atoms with Crippen LogP contribution in [0.25, 0.3) is 0 Å². The predicted molar refractivity (Wildman–Crippen MR) is 104 cm³/mol. The SMILES string of the molecule is CCOC(=O)N1CCN(S(=O)(=O)N2CCN(C(=O)CN3CCOCC3)CC2)CC1. The Labute approximate surface area is 172 Å². The molecule has 12 heteroatoms. The van der Waals surface area contributed by atoms with Crippen molar-refractivity contribution in [3.05, 3.63) is 0 Å². The molecule has 3 rings (SSSR count). The monoisotopic (exact) mass is 433 g/mol. The molecular formula is C17H31N5O6S. The molecule has 0 aromatic rings. The zero-order valence-corrected chi connectivity index (χ0v) is 17.8. The molecule has 3 aliphatic rings. The van der Waals surface area contributed by atoms with Crippen LogP contribution in [0.15, 0.2) is 0 Å². The van der Waals surface area contributed by atoms with Gasteiger partial charge in [-0.25, -0.2) is 4.79 Å². The first kappa shape index (κ1) is 22.2. The van der Waals surface area contributed by atoms with Crippen molar-refractivity contribution in [3.63, 3.8) is 0 Å². The number of nitrogens with zero attached hydrogens (tertiary/aromatic N) is 5. The molecule has 0 unspecified atom stereocenters. The van der Waals surface area contributed by atoms with Crippen molar-refractivity contribution >= 4 is 22.2 Å². The second kappa shape index (κ2) is 10.0. The average Bonchev–Trinajstić information content (AvgIpc) is 2.75. The molecule has 0 aromatic carbocycles. The van der Waals surface area contributed by atoms with Gasteiger partial charge in [0.1, 0.15) is 0 Å². The van der Waals surface area contributed by atoms with Crippen LogP contribution < -0.4 is 0 Å². The number of amides is 2. The normalized spacial score (nSPS) is 23.2. The highest BCUT2D eigenvalue weighted by molar-refractivity contribution is 7.86. The summed E-state index contributed by atoms with van der Waals surface area (Å²) in [4.78, 5) is 29.6. The fraction of sp³-hybridized carbons (Fsp3) is 0.882. The van der Waals surface area contributed by atoms with Crippen molar-refractivity contribution in [1.29, 1.82) is 0 Å². The Morgan fingerprint density at radius 2 is 1.34 bits per heavy atom. The lowest BCUT2D eigenvalue weighted by Gasteiger charge is -2.39. The molecular weight excluding hydrogens is 402 g/mol. The van der Waals surface area contributed by atoms with Crippen molar-refractivity contribution in [3.8, 4) is 0 Å². The minimum atomic E-state index is -3.60. The van der Waals surface area contributed by atoms with Crippen molar-refractivity contribution in [2.75, 3.05) is 91.8 Å². The molecule has 3 heterocycles. The standard InChI is InChI=1S/C17H31N5O6S/c1-2-28-17(24)20-5-9-22(10-6-20)29(25,26)21-7-3-19(4-8-21)16(23)15-18-11-13-27-14-12-18/h2-15H2,1H3. The quantitative estimate of drug-likeness (QED) is 0.519. The topological polar surface area (TPSA) is 103 Å². The van der Waals surface area contributed by atoms with Crippen molar-refractivity contribution in [2.24, 2.45) is 0 Å². The molecule has 166 valence electrons. The van der Waals surface area contributed by atoms with Gasteiger partial charge >= 0.3 is 6.09 Å². The molecule has 0 saturated carbocycles. The van der Waals surface area contributed by atoms with E-state index in [1.807, 2.05) is 0 Å². The van der Waals surface area contributed by atoms with Gasteiger partial charge in [-0.15, -0.1) is 0 Å². The lowest BCUT2D eigenvalue weighted by molar-refractivity contribution is -0.134. The smallest absolute Gasteiger partial charge is 0.409 e. The molecule has 0 bridgehead atoms. The fourth-order valence-corrected chi connectivity index (χ4v) is 5.27. The van der Waals surface area contributed by atoms with E-state index in [0.717, 1.165) is 13.1 Å². The van der Waals surface area contributed by atoms with E-state index in [1.54, 1.807) is 11.8 Å². The number of hydrogen-bond acceptors (Lipinski definition) is 7. The second-order valence-electron chi connectivity index (χ2n) is 7.26. The van der Waals surface area contributed by atoms with Crippen LogP contribution in [-0.4, -0.2) is 136 Å². The Hall–Kier alpha value is -1.47. The third kappa shape index (κ3) is 5.57. The van der Waals surface area contributed by atoms with Crippen LogP contribution >= 0.6 is 0 Å². The van der Waals surface area contributed by atoms with Gasteiger partial charge in [-0.2, -0.15) is 17.0 Å².